The van der Waals surface area contributed by atoms with Gasteiger partial charge in [-0.2, -0.15) is 0 Å². The zero-order chi connectivity index (χ0) is 23.4. The Morgan fingerprint density at radius 1 is 0.472 bits per heavy atom. The normalized spacial score (nSPS) is 12.4. The van der Waals surface area contributed by atoms with Gasteiger partial charge < -0.3 is 4.42 Å². The van der Waals surface area contributed by atoms with Crippen LogP contribution in [0.15, 0.2) is 114 Å². The highest BCUT2D eigenvalue weighted by molar-refractivity contribution is 6.35. The number of rotatable bonds is 0. The van der Waals surface area contributed by atoms with Crippen molar-refractivity contribution < 1.29 is 4.42 Å². The van der Waals surface area contributed by atoms with Crippen molar-refractivity contribution >= 4 is 81.8 Å². The zero-order valence-corrected chi connectivity index (χ0v) is 19.2. The molecule has 6 aromatic carbocycles. The molecule has 3 nitrogen and oxygen atoms in total. The standard InChI is InChI=1S/C33H18N2O/c1-3-12-22-19(9-1)20-10-2-4-13-23(20)32-31(22)25-17-24-21-11-5-8-16-29(21)36-30(24)18-28(25)35-27-15-7-6-14-26(27)34-33(32)35/h1-18H. The molecular formula is C33H18N2O. The smallest absolute Gasteiger partial charge is 0.147 e. The summed E-state index contributed by atoms with van der Waals surface area (Å²) in [7, 11) is 0. The Kier molecular flexibility index (Phi) is 3.28. The van der Waals surface area contributed by atoms with Crippen LogP contribution in [0.25, 0.3) is 81.8 Å². The maximum Gasteiger partial charge on any atom is 0.147 e. The molecule has 0 atom stereocenters. The van der Waals surface area contributed by atoms with E-state index in [0.717, 1.165) is 44.1 Å². The number of nitrogens with zero attached hydrogens (tertiary/aromatic N) is 2. The van der Waals surface area contributed by atoms with Gasteiger partial charge in [-0.1, -0.05) is 78.9 Å². The van der Waals surface area contributed by atoms with Crippen LogP contribution in [0.2, 0.25) is 0 Å². The maximum absolute atomic E-state index is 6.33. The molecule has 9 rings (SSSR count). The van der Waals surface area contributed by atoms with Gasteiger partial charge in [-0.3, -0.25) is 4.40 Å². The molecule has 0 bridgehead atoms. The van der Waals surface area contributed by atoms with Gasteiger partial charge in [-0.25, -0.2) is 4.98 Å². The zero-order valence-electron chi connectivity index (χ0n) is 19.2. The lowest BCUT2D eigenvalue weighted by Gasteiger charge is -2.15. The summed E-state index contributed by atoms with van der Waals surface area (Å²) in [6.45, 7) is 0. The first-order valence-corrected chi connectivity index (χ1v) is 12.2. The Labute approximate surface area is 204 Å². The molecule has 0 saturated heterocycles. The Hall–Kier alpha value is -4.89. The van der Waals surface area contributed by atoms with Crippen LogP contribution >= 0.6 is 0 Å². The van der Waals surface area contributed by atoms with E-state index in [9.17, 15) is 0 Å². The molecule has 3 aromatic heterocycles. The van der Waals surface area contributed by atoms with E-state index in [1.54, 1.807) is 0 Å². The molecule has 0 fully saturated rings. The van der Waals surface area contributed by atoms with Crippen LogP contribution in [0.5, 0.6) is 0 Å². The molecule has 9 aromatic rings. The van der Waals surface area contributed by atoms with Gasteiger partial charge in [0.1, 0.15) is 16.8 Å². The molecule has 0 aliphatic rings. The lowest BCUT2D eigenvalue weighted by Crippen LogP contribution is -1.94. The Morgan fingerprint density at radius 2 is 1.11 bits per heavy atom. The molecule has 0 unspecified atom stereocenters. The number of fused-ring (bicyclic) bond motifs is 16. The highest BCUT2D eigenvalue weighted by Crippen LogP contribution is 2.43. The van der Waals surface area contributed by atoms with Crippen LogP contribution in [0.3, 0.4) is 0 Å². The third-order valence-corrected chi connectivity index (χ3v) is 7.72. The summed E-state index contributed by atoms with van der Waals surface area (Å²) >= 11 is 0. The summed E-state index contributed by atoms with van der Waals surface area (Å²) < 4.78 is 8.65. The number of hydrogen-bond acceptors (Lipinski definition) is 2. The summed E-state index contributed by atoms with van der Waals surface area (Å²) in [5.74, 6) is 0. The summed E-state index contributed by atoms with van der Waals surface area (Å²) in [4.78, 5) is 5.21. The average molecular weight is 459 g/mol. The number of para-hydroxylation sites is 3. The second kappa shape index (κ2) is 6.41. The third-order valence-electron chi connectivity index (χ3n) is 7.72. The first kappa shape index (κ1) is 18.4. The van der Waals surface area contributed by atoms with Gasteiger partial charge in [0.15, 0.2) is 0 Å². The third kappa shape index (κ3) is 2.16. The van der Waals surface area contributed by atoms with E-state index in [0.29, 0.717) is 0 Å². The molecule has 0 amide bonds. The van der Waals surface area contributed by atoms with E-state index in [1.165, 1.54) is 37.7 Å². The summed E-state index contributed by atoms with van der Waals surface area (Å²) in [5, 5.41) is 10.9. The van der Waals surface area contributed by atoms with Crippen LogP contribution < -0.4 is 0 Å². The first-order chi connectivity index (χ1) is 17.9. The average Bonchev–Trinajstić information content (AvgIpc) is 3.50. The van der Waals surface area contributed by atoms with Crippen LogP contribution in [0.4, 0.5) is 0 Å². The lowest BCUT2D eigenvalue weighted by molar-refractivity contribution is 0.669. The molecule has 3 heterocycles. The highest BCUT2D eigenvalue weighted by atomic mass is 16.3. The van der Waals surface area contributed by atoms with E-state index in [-0.39, 0.29) is 0 Å². The summed E-state index contributed by atoms with van der Waals surface area (Å²) in [6.07, 6.45) is 0. The van der Waals surface area contributed by atoms with E-state index < -0.39 is 0 Å². The van der Waals surface area contributed by atoms with Gasteiger partial charge in [0.25, 0.3) is 0 Å². The van der Waals surface area contributed by atoms with Gasteiger partial charge in [0.05, 0.1) is 16.6 Å². The van der Waals surface area contributed by atoms with Gasteiger partial charge in [0.2, 0.25) is 0 Å². The van der Waals surface area contributed by atoms with Gasteiger partial charge >= 0.3 is 0 Å². The SMILES string of the molecule is c1ccc2c(c1)nc1c3c4ccccc4c4ccccc4c3c3cc4c(cc3n21)oc1ccccc14. The van der Waals surface area contributed by atoms with Crippen molar-refractivity contribution in [1.29, 1.82) is 0 Å². The second-order valence-electron chi connectivity index (χ2n) is 9.56. The molecule has 0 aliphatic heterocycles. The van der Waals surface area contributed by atoms with E-state index in [2.05, 4.69) is 101 Å². The number of furan rings is 1. The van der Waals surface area contributed by atoms with Crippen molar-refractivity contribution in [2.75, 3.05) is 0 Å². The fourth-order valence-corrected chi connectivity index (χ4v) is 6.24. The molecule has 0 saturated carbocycles. The Morgan fingerprint density at radius 3 is 1.92 bits per heavy atom. The molecule has 3 heteroatoms. The van der Waals surface area contributed by atoms with Crippen molar-refractivity contribution in [2.24, 2.45) is 0 Å². The number of hydrogen-bond donors (Lipinski definition) is 0. The Bertz CT molecular complexity index is 2370. The monoisotopic (exact) mass is 458 g/mol. The number of aromatic nitrogens is 2. The van der Waals surface area contributed by atoms with Crippen LogP contribution in [-0.4, -0.2) is 9.38 Å². The molecular weight excluding hydrogens is 440 g/mol. The van der Waals surface area contributed by atoms with Crippen LogP contribution in [0.1, 0.15) is 0 Å². The van der Waals surface area contributed by atoms with Gasteiger partial charge in [-0.05, 0) is 45.8 Å². The molecule has 0 radical (unpaired) electrons. The van der Waals surface area contributed by atoms with Crippen molar-refractivity contribution in [2.45, 2.75) is 0 Å². The predicted molar refractivity (Wildman–Crippen MR) is 150 cm³/mol. The molecule has 0 spiro atoms. The maximum atomic E-state index is 6.33. The number of benzene rings is 6. The van der Waals surface area contributed by atoms with Gasteiger partial charge in [-0.15, -0.1) is 0 Å². The van der Waals surface area contributed by atoms with Crippen LogP contribution in [-0.2, 0) is 0 Å². The van der Waals surface area contributed by atoms with E-state index in [1.807, 2.05) is 12.1 Å². The van der Waals surface area contributed by atoms with Crippen molar-refractivity contribution in [3.8, 4) is 0 Å². The summed E-state index contributed by atoms with van der Waals surface area (Å²) in [6, 6.07) is 38.7. The minimum absolute atomic E-state index is 0.896. The lowest BCUT2D eigenvalue weighted by atomic mass is 9.92. The van der Waals surface area contributed by atoms with E-state index in [4.69, 9.17) is 9.40 Å². The topological polar surface area (TPSA) is 30.4 Å². The minimum atomic E-state index is 0.896. The second-order valence-corrected chi connectivity index (χ2v) is 9.56. The quantitative estimate of drug-likeness (QED) is 0.212. The van der Waals surface area contributed by atoms with Gasteiger partial charge in [0, 0.05) is 33.0 Å². The molecule has 0 aliphatic carbocycles. The van der Waals surface area contributed by atoms with Crippen LogP contribution in [0, 0.1) is 0 Å². The van der Waals surface area contributed by atoms with Crippen molar-refractivity contribution in [3.63, 3.8) is 0 Å². The molecule has 36 heavy (non-hydrogen) atoms. The number of imidazole rings is 1. The Balaban J connectivity index is 1.71. The minimum Gasteiger partial charge on any atom is -0.456 e. The fourth-order valence-electron chi connectivity index (χ4n) is 6.24. The molecule has 0 N–H and O–H groups in total. The first-order valence-electron chi connectivity index (χ1n) is 12.2. The summed E-state index contributed by atoms with van der Waals surface area (Å²) in [5.41, 5.74) is 6.00. The molecule has 166 valence electrons. The van der Waals surface area contributed by atoms with E-state index >= 15 is 0 Å². The fraction of sp³-hybridized carbons (Fsp3) is 0. The van der Waals surface area contributed by atoms with Crippen molar-refractivity contribution in [3.05, 3.63) is 109 Å². The van der Waals surface area contributed by atoms with Crippen molar-refractivity contribution in [1.82, 2.24) is 9.38 Å². The predicted octanol–water partition coefficient (Wildman–Crippen LogP) is 9.00. The highest BCUT2D eigenvalue weighted by Gasteiger charge is 2.20. The largest absolute Gasteiger partial charge is 0.456 e. The number of pyridine rings is 1.